The molecule has 0 aliphatic carbocycles. The van der Waals surface area contributed by atoms with Gasteiger partial charge in [0.05, 0.1) is 5.02 Å². The van der Waals surface area contributed by atoms with Crippen molar-refractivity contribution in [3.63, 3.8) is 0 Å². The van der Waals surface area contributed by atoms with Crippen LogP contribution >= 0.6 is 27.5 Å². The van der Waals surface area contributed by atoms with E-state index in [0.29, 0.717) is 5.56 Å². The molecule has 2 rings (SSSR count). The number of amides is 2. The lowest BCUT2D eigenvalue weighted by atomic mass is 10.2. The molecule has 0 radical (unpaired) electrons. The van der Waals surface area contributed by atoms with Crippen LogP contribution in [0.2, 0.25) is 5.02 Å². The number of carbonyl (C=O) groups is 2. The van der Waals surface area contributed by atoms with Crippen LogP contribution in [0, 0.1) is 5.82 Å². The average molecular weight is 416 g/mol. The second-order valence-corrected chi connectivity index (χ2v) is 6.13. The molecule has 0 aliphatic heterocycles. The summed E-state index contributed by atoms with van der Waals surface area (Å²) in [6.45, 7) is 0.351. The van der Waals surface area contributed by atoms with Crippen molar-refractivity contribution in [3.05, 3.63) is 62.8 Å². The van der Waals surface area contributed by atoms with E-state index in [4.69, 9.17) is 11.6 Å². The molecule has 126 valence electrons. The number of rotatable bonds is 5. The van der Waals surface area contributed by atoms with Crippen molar-refractivity contribution in [1.29, 1.82) is 0 Å². The maximum atomic E-state index is 13.3. The average Bonchev–Trinajstić information content (AvgIpc) is 2.55. The number of benzene rings is 2. The van der Waals surface area contributed by atoms with Gasteiger partial charge in [-0.25, -0.2) is 4.39 Å². The molecular weight excluding hydrogens is 403 g/mol. The molecular formula is C16H13BrClFN2O3. The maximum Gasteiger partial charge on any atom is 0.251 e. The fourth-order valence-corrected chi connectivity index (χ4v) is 2.49. The Morgan fingerprint density at radius 2 is 1.71 bits per heavy atom. The second kappa shape index (κ2) is 8.12. The maximum absolute atomic E-state index is 13.3. The zero-order chi connectivity index (χ0) is 17.7. The van der Waals surface area contributed by atoms with E-state index in [2.05, 4.69) is 26.6 Å². The van der Waals surface area contributed by atoms with E-state index < -0.39 is 17.5 Å². The van der Waals surface area contributed by atoms with Crippen molar-refractivity contribution in [2.24, 2.45) is 0 Å². The van der Waals surface area contributed by atoms with Crippen molar-refractivity contribution in [2.75, 3.05) is 13.1 Å². The summed E-state index contributed by atoms with van der Waals surface area (Å²) < 4.78 is 14.1. The second-order valence-electron chi connectivity index (χ2n) is 4.81. The van der Waals surface area contributed by atoms with Gasteiger partial charge in [-0.3, -0.25) is 9.59 Å². The van der Waals surface area contributed by atoms with Gasteiger partial charge in [0.25, 0.3) is 11.8 Å². The van der Waals surface area contributed by atoms with Gasteiger partial charge >= 0.3 is 0 Å². The van der Waals surface area contributed by atoms with E-state index in [9.17, 15) is 19.1 Å². The first-order valence-corrected chi connectivity index (χ1v) is 8.05. The molecule has 2 aromatic rings. The van der Waals surface area contributed by atoms with E-state index in [-0.39, 0.29) is 29.6 Å². The van der Waals surface area contributed by atoms with Gasteiger partial charge in [-0.1, -0.05) is 33.6 Å². The van der Waals surface area contributed by atoms with Crippen molar-refractivity contribution in [3.8, 4) is 5.75 Å². The first-order valence-electron chi connectivity index (χ1n) is 6.88. The number of halogens is 3. The number of phenolic OH excluding ortho intramolecular Hbond substituents is 1. The Balaban J connectivity index is 1.84. The normalized spacial score (nSPS) is 10.3. The van der Waals surface area contributed by atoms with Crippen LogP contribution in [0.4, 0.5) is 4.39 Å². The summed E-state index contributed by atoms with van der Waals surface area (Å²) in [4.78, 5) is 23.8. The molecule has 0 aliphatic rings. The zero-order valence-electron chi connectivity index (χ0n) is 12.3. The van der Waals surface area contributed by atoms with Crippen LogP contribution in [0.5, 0.6) is 5.75 Å². The van der Waals surface area contributed by atoms with Crippen molar-refractivity contribution < 1.29 is 19.1 Å². The minimum absolute atomic E-state index is 0.0198. The highest BCUT2D eigenvalue weighted by Gasteiger charge is 2.13. The number of hydrogen-bond acceptors (Lipinski definition) is 3. The SMILES string of the molecule is O=C(NCCNC(=O)c1cc(F)c(O)c(Cl)c1)c1cccc(Br)c1. The molecule has 0 aromatic heterocycles. The molecule has 2 aromatic carbocycles. The predicted octanol–water partition coefficient (Wildman–Crippen LogP) is 3.11. The smallest absolute Gasteiger partial charge is 0.251 e. The molecule has 24 heavy (non-hydrogen) atoms. The number of carbonyl (C=O) groups excluding carboxylic acids is 2. The first kappa shape index (κ1) is 18.2. The van der Waals surface area contributed by atoms with Crippen LogP contribution in [0.15, 0.2) is 40.9 Å². The largest absolute Gasteiger partial charge is 0.504 e. The molecule has 0 fully saturated rings. The lowest BCUT2D eigenvalue weighted by Gasteiger charge is -2.08. The Labute approximate surface area is 151 Å². The molecule has 0 saturated carbocycles. The van der Waals surface area contributed by atoms with Crippen LogP contribution in [0.1, 0.15) is 20.7 Å². The Kier molecular flexibility index (Phi) is 6.16. The van der Waals surface area contributed by atoms with Gasteiger partial charge in [0.2, 0.25) is 0 Å². The third-order valence-corrected chi connectivity index (χ3v) is 3.84. The third kappa shape index (κ3) is 4.69. The standard InChI is InChI=1S/C16H13BrClFN2O3/c17-11-3-1-2-9(6-11)15(23)20-4-5-21-16(24)10-7-12(18)14(22)13(19)8-10/h1-3,6-8,22H,4-5H2,(H,20,23)(H,21,24). The van der Waals surface area contributed by atoms with E-state index in [1.807, 2.05) is 0 Å². The van der Waals surface area contributed by atoms with Crippen molar-refractivity contribution >= 4 is 39.3 Å². The number of nitrogens with one attached hydrogen (secondary N) is 2. The van der Waals surface area contributed by atoms with Gasteiger partial charge < -0.3 is 15.7 Å². The van der Waals surface area contributed by atoms with Gasteiger partial charge in [0, 0.05) is 28.7 Å². The van der Waals surface area contributed by atoms with Gasteiger partial charge in [0.1, 0.15) is 0 Å². The summed E-state index contributed by atoms with van der Waals surface area (Å²) in [5.74, 6) is -2.51. The Morgan fingerprint density at radius 1 is 1.08 bits per heavy atom. The van der Waals surface area contributed by atoms with Crippen LogP contribution in [0.3, 0.4) is 0 Å². The topological polar surface area (TPSA) is 78.4 Å². The minimum atomic E-state index is -0.976. The van der Waals surface area contributed by atoms with Gasteiger partial charge in [0.15, 0.2) is 11.6 Å². The quantitative estimate of drug-likeness (QED) is 0.657. The zero-order valence-corrected chi connectivity index (χ0v) is 14.6. The number of hydrogen-bond donors (Lipinski definition) is 3. The first-order chi connectivity index (χ1) is 11.4. The highest BCUT2D eigenvalue weighted by atomic mass is 79.9. The molecule has 0 atom stereocenters. The van der Waals surface area contributed by atoms with Crippen LogP contribution in [-0.4, -0.2) is 30.0 Å². The predicted molar refractivity (Wildman–Crippen MR) is 91.9 cm³/mol. The molecule has 2 amide bonds. The van der Waals surface area contributed by atoms with Gasteiger partial charge in [-0.2, -0.15) is 0 Å². The van der Waals surface area contributed by atoms with Crippen molar-refractivity contribution in [2.45, 2.75) is 0 Å². The molecule has 0 heterocycles. The Morgan fingerprint density at radius 3 is 2.29 bits per heavy atom. The van der Waals surface area contributed by atoms with E-state index >= 15 is 0 Å². The lowest BCUT2D eigenvalue weighted by molar-refractivity contribution is 0.0927. The highest BCUT2D eigenvalue weighted by Crippen LogP contribution is 2.27. The molecule has 0 saturated heterocycles. The fourth-order valence-electron chi connectivity index (χ4n) is 1.88. The number of aromatic hydroxyl groups is 1. The summed E-state index contributed by atoms with van der Waals surface area (Å²) in [5, 5.41) is 14.2. The molecule has 8 heteroatoms. The number of phenols is 1. The van der Waals surface area contributed by atoms with E-state index in [0.717, 1.165) is 16.6 Å². The van der Waals surface area contributed by atoms with Crippen molar-refractivity contribution in [1.82, 2.24) is 10.6 Å². The molecule has 3 N–H and O–H groups in total. The summed E-state index contributed by atoms with van der Waals surface area (Å²) in [6, 6.07) is 8.93. The van der Waals surface area contributed by atoms with E-state index in [1.165, 1.54) is 0 Å². The summed E-state index contributed by atoms with van der Waals surface area (Å²) in [7, 11) is 0. The molecule has 0 bridgehead atoms. The van der Waals surface area contributed by atoms with Gasteiger partial charge in [-0.05, 0) is 30.3 Å². The van der Waals surface area contributed by atoms with Gasteiger partial charge in [-0.15, -0.1) is 0 Å². The summed E-state index contributed by atoms with van der Waals surface area (Å²) in [5.41, 5.74) is 0.469. The van der Waals surface area contributed by atoms with E-state index in [1.54, 1.807) is 24.3 Å². The summed E-state index contributed by atoms with van der Waals surface area (Å²) >= 11 is 8.89. The minimum Gasteiger partial charge on any atom is -0.504 e. The third-order valence-electron chi connectivity index (χ3n) is 3.06. The Hall–Kier alpha value is -2.12. The molecule has 0 spiro atoms. The van der Waals surface area contributed by atoms with Crippen LogP contribution in [0.25, 0.3) is 0 Å². The lowest BCUT2D eigenvalue weighted by Crippen LogP contribution is -2.34. The highest BCUT2D eigenvalue weighted by molar-refractivity contribution is 9.10. The monoisotopic (exact) mass is 414 g/mol. The van der Waals surface area contributed by atoms with Crippen LogP contribution < -0.4 is 10.6 Å². The fraction of sp³-hybridized carbons (Fsp3) is 0.125. The molecule has 5 nitrogen and oxygen atoms in total. The Bertz CT molecular complexity index is 763. The molecule has 0 unspecified atom stereocenters. The summed E-state index contributed by atoms with van der Waals surface area (Å²) in [6.07, 6.45) is 0. The van der Waals surface area contributed by atoms with Crippen LogP contribution in [-0.2, 0) is 0 Å².